The average molecular weight is 435 g/mol. The number of amides is 1. The normalized spacial score (nSPS) is 12.5. The zero-order valence-electron chi connectivity index (χ0n) is 16.3. The second-order valence-electron chi connectivity index (χ2n) is 6.46. The third-order valence-corrected chi connectivity index (χ3v) is 6.42. The minimum absolute atomic E-state index is 0.00786. The summed E-state index contributed by atoms with van der Waals surface area (Å²) in [5.74, 6) is 0.226. The molecule has 1 amide bonds. The van der Waals surface area contributed by atoms with Crippen molar-refractivity contribution in [2.75, 3.05) is 10.6 Å². The largest absolute Gasteiger partial charge is 0.345 e. The van der Waals surface area contributed by atoms with Crippen LogP contribution in [0.3, 0.4) is 0 Å². The Bertz CT molecular complexity index is 1060. The SMILES string of the molecule is CCc1ccc(N([C@H](C)C(=O)NCc2nc(-c3cccs3)no2)S(C)(=O)=O)cc1. The van der Waals surface area contributed by atoms with Crippen molar-refractivity contribution in [2.24, 2.45) is 0 Å². The Kier molecular flexibility index (Phi) is 6.33. The molecule has 1 N–H and O–H groups in total. The standard InChI is InChI=1S/C19H22N4O4S2/c1-4-14-7-9-15(10-8-14)23(29(3,25)26)13(2)19(24)20-12-17-21-18(22-27-17)16-6-5-11-28-16/h5-11,13H,4,12H2,1-3H3,(H,20,24)/t13-/m1/s1. The first-order valence-corrected chi connectivity index (χ1v) is 11.7. The van der Waals surface area contributed by atoms with Crippen LogP contribution in [0, 0.1) is 0 Å². The van der Waals surface area contributed by atoms with Gasteiger partial charge < -0.3 is 9.84 Å². The number of aryl methyl sites for hydroxylation is 1. The molecule has 0 saturated heterocycles. The maximum absolute atomic E-state index is 12.6. The Labute approximate surface area is 173 Å². The van der Waals surface area contributed by atoms with Crippen LogP contribution < -0.4 is 9.62 Å². The van der Waals surface area contributed by atoms with Gasteiger partial charge in [0.2, 0.25) is 27.6 Å². The molecule has 0 radical (unpaired) electrons. The molecule has 0 spiro atoms. The highest BCUT2D eigenvalue weighted by molar-refractivity contribution is 7.92. The van der Waals surface area contributed by atoms with Crippen LogP contribution in [0.2, 0.25) is 0 Å². The number of rotatable bonds is 8. The molecule has 1 aromatic carbocycles. The molecular formula is C19H22N4O4S2. The van der Waals surface area contributed by atoms with Gasteiger partial charge in [-0.3, -0.25) is 9.10 Å². The van der Waals surface area contributed by atoms with Crippen molar-refractivity contribution < 1.29 is 17.7 Å². The molecule has 3 rings (SSSR count). The second-order valence-corrected chi connectivity index (χ2v) is 9.27. The van der Waals surface area contributed by atoms with E-state index in [0.717, 1.165) is 27.4 Å². The Morgan fingerprint density at radius 2 is 2.00 bits per heavy atom. The lowest BCUT2D eigenvalue weighted by Crippen LogP contribution is -2.47. The highest BCUT2D eigenvalue weighted by Crippen LogP contribution is 2.23. The van der Waals surface area contributed by atoms with E-state index in [1.54, 1.807) is 12.1 Å². The molecule has 29 heavy (non-hydrogen) atoms. The van der Waals surface area contributed by atoms with Gasteiger partial charge in [0, 0.05) is 0 Å². The summed E-state index contributed by atoms with van der Waals surface area (Å²) in [5.41, 5.74) is 1.52. The van der Waals surface area contributed by atoms with Crippen molar-refractivity contribution in [3.8, 4) is 10.7 Å². The second kappa shape index (κ2) is 8.75. The van der Waals surface area contributed by atoms with Gasteiger partial charge in [-0.05, 0) is 42.5 Å². The summed E-state index contributed by atoms with van der Waals surface area (Å²) < 4.78 is 31.0. The van der Waals surface area contributed by atoms with Crippen molar-refractivity contribution >= 4 is 33.0 Å². The molecule has 3 aromatic rings. The average Bonchev–Trinajstić information content (AvgIpc) is 3.37. The van der Waals surface area contributed by atoms with Crippen molar-refractivity contribution in [3.63, 3.8) is 0 Å². The molecule has 154 valence electrons. The molecule has 0 fully saturated rings. The number of aromatic nitrogens is 2. The number of thiophene rings is 1. The van der Waals surface area contributed by atoms with Gasteiger partial charge in [0.15, 0.2) is 0 Å². The van der Waals surface area contributed by atoms with Crippen LogP contribution in [0.25, 0.3) is 10.7 Å². The van der Waals surface area contributed by atoms with Gasteiger partial charge in [-0.15, -0.1) is 11.3 Å². The molecule has 10 heteroatoms. The van der Waals surface area contributed by atoms with Crippen LogP contribution in [0.4, 0.5) is 5.69 Å². The van der Waals surface area contributed by atoms with Gasteiger partial charge >= 0.3 is 0 Å². The van der Waals surface area contributed by atoms with Crippen LogP contribution in [0.1, 0.15) is 25.3 Å². The lowest BCUT2D eigenvalue weighted by atomic mass is 10.1. The van der Waals surface area contributed by atoms with E-state index in [-0.39, 0.29) is 12.4 Å². The van der Waals surface area contributed by atoms with E-state index < -0.39 is 22.0 Å². The first kappa shape index (κ1) is 21.0. The molecule has 2 aromatic heterocycles. The molecule has 2 heterocycles. The number of carbonyl (C=O) groups is 1. The zero-order chi connectivity index (χ0) is 21.0. The predicted octanol–water partition coefficient (Wildman–Crippen LogP) is 2.83. The summed E-state index contributed by atoms with van der Waals surface area (Å²) >= 11 is 1.48. The molecule has 0 unspecified atom stereocenters. The fraction of sp³-hybridized carbons (Fsp3) is 0.316. The number of carbonyl (C=O) groups excluding carboxylic acids is 1. The minimum Gasteiger partial charge on any atom is -0.345 e. The molecule has 0 aliphatic rings. The lowest BCUT2D eigenvalue weighted by molar-refractivity contribution is -0.122. The summed E-state index contributed by atoms with van der Waals surface area (Å²) in [6, 6.07) is 9.91. The summed E-state index contributed by atoms with van der Waals surface area (Å²) in [7, 11) is -3.67. The van der Waals surface area contributed by atoms with Crippen LogP contribution in [-0.4, -0.2) is 36.8 Å². The lowest BCUT2D eigenvalue weighted by Gasteiger charge is -2.28. The van der Waals surface area contributed by atoms with E-state index in [0.29, 0.717) is 11.5 Å². The van der Waals surface area contributed by atoms with Crippen LogP contribution in [0.15, 0.2) is 46.3 Å². The van der Waals surface area contributed by atoms with Crippen LogP contribution in [0.5, 0.6) is 0 Å². The summed E-state index contributed by atoms with van der Waals surface area (Å²) in [6.45, 7) is 3.56. The number of hydrogen-bond donors (Lipinski definition) is 1. The first-order chi connectivity index (χ1) is 13.8. The number of sulfonamides is 1. The van der Waals surface area contributed by atoms with Gasteiger partial charge in [-0.1, -0.05) is 30.3 Å². The van der Waals surface area contributed by atoms with E-state index in [1.165, 1.54) is 18.3 Å². The molecule has 1 atom stereocenters. The Hall–Kier alpha value is -2.72. The topological polar surface area (TPSA) is 105 Å². The quantitative estimate of drug-likeness (QED) is 0.584. The molecule has 0 aliphatic carbocycles. The molecule has 8 nitrogen and oxygen atoms in total. The molecule has 0 bridgehead atoms. The molecule has 0 aliphatic heterocycles. The summed E-state index contributed by atoms with van der Waals surface area (Å²) in [5, 5.41) is 8.46. The van der Waals surface area contributed by atoms with Crippen LogP contribution in [-0.2, 0) is 27.8 Å². The summed E-state index contributed by atoms with van der Waals surface area (Å²) in [4.78, 5) is 17.7. The van der Waals surface area contributed by atoms with E-state index >= 15 is 0 Å². The Morgan fingerprint density at radius 3 is 2.59 bits per heavy atom. The number of benzene rings is 1. The van der Waals surface area contributed by atoms with Crippen molar-refractivity contribution in [1.82, 2.24) is 15.5 Å². The van der Waals surface area contributed by atoms with Gasteiger partial charge in [0.25, 0.3) is 0 Å². The Morgan fingerprint density at radius 1 is 1.28 bits per heavy atom. The summed E-state index contributed by atoms with van der Waals surface area (Å²) in [6.07, 6.45) is 1.92. The monoisotopic (exact) mass is 434 g/mol. The number of anilines is 1. The van der Waals surface area contributed by atoms with Crippen molar-refractivity contribution in [2.45, 2.75) is 32.9 Å². The van der Waals surface area contributed by atoms with Crippen molar-refractivity contribution in [3.05, 3.63) is 53.2 Å². The highest BCUT2D eigenvalue weighted by atomic mass is 32.2. The third kappa shape index (κ3) is 5.01. The van der Waals surface area contributed by atoms with E-state index in [9.17, 15) is 13.2 Å². The highest BCUT2D eigenvalue weighted by Gasteiger charge is 2.29. The van der Waals surface area contributed by atoms with Gasteiger partial charge in [0.05, 0.1) is 23.4 Å². The maximum Gasteiger partial charge on any atom is 0.246 e. The number of nitrogens with one attached hydrogen (secondary N) is 1. The zero-order valence-corrected chi connectivity index (χ0v) is 18.0. The van der Waals surface area contributed by atoms with E-state index in [1.807, 2.05) is 36.6 Å². The fourth-order valence-corrected chi connectivity index (χ4v) is 4.65. The minimum atomic E-state index is -3.67. The Balaban J connectivity index is 1.70. The first-order valence-electron chi connectivity index (χ1n) is 9.02. The molecule has 0 saturated carbocycles. The van der Waals surface area contributed by atoms with E-state index in [2.05, 4.69) is 15.5 Å². The molecular weight excluding hydrogens is 412 g/mol. The van der Waals surface area contributed by atoms with Crippen molar-refractivity contribution in [1.29, 1.82) is 0 Å². The maximum atomic E-state index is 12.6. The van der Waals surface area contributed by atoms with Gasteiger partial charge in [-0.25, -0.2) is 8.42 Å². The van der Waals surface area contributed by atoms with Gasteiger partial charge in [0.1, 0.15) is 6.04 Å². The van der Waals surface area contributed by atoms with E-state index in [4.69, 9.17) is 4.52 Å². The smallest absolute Gasteiger partial charge is 0.246 e. The fourth-order valence-electron chi connectivity index (χ4n) is 2.83. The van der Waals surface area contributed by atoms with Crippen LogP contribution >= 0.6 is 11.3 Å². The predicted molar refractivity (Wildman–Crippen MR) is 112 cm³/mol. The third-order valence-electron chi connectivity index (χ3n) is 4.31. The van der Waals surface area contributed by atoms with Gasteiger partial charge in [-0.2, -0.15) is 4.98 Å². The number of hydrogen-bond acceptors (Lipinski definition) is 7. The number of nitrogens with zero attached hydrogens (tertiary/aromatic N) is 3.